The molecule has 2 aromatic heterocycles. The molecule has 1 amide bonds. The number of anilines is 2. The van der Waals surface area contributed by atoms with Crippen LogP contribution in [0.15, 0.2) is 24.7 Å². The third-order valence-electron chi connectivity index (χ3n) is 5.93. The van der Waals surface area contributed by atoms with Crippen molar-refractivity contribution < 1.29 is 13.2 Å². The van der Waals surface area contributed by atoms with Crippen LogP contribution >= 0.6 is 11.6 Å². The van der Waals surface area contributed by atoms with Crippen molar-refractivity contribution in [3.8, 4) is 11.3 Å². The number of rotatable bonds is 6. The van der Waals surface area contributed by atoms with Crippen LogP contribution in [0.3, 0.4) is 0 Å². The fourth-order valence-corrected chi connectivity index (χ4v) is 5.77. The quantitative estimate of drug-likeness (QED) is 0.577. The lowest BCUT2D eigenvalue weighted by Gasteiger charge is -2.22. The normalized spacial score (nSPS) is 21.1. The first kappa shape index (κ1) is 22.9. The average molecular weight is 479 g/mol. The van der Waals surface area contributed by atoms with Gasteiger partial charge in [-0.3, -0.25) is 9.78 Å². The third-order valence-corrected chi connectivity index (χ3v) is 7.95. The summed E-state index contributed by atoms with van der Waals surface area (Å²) in [5, 5.41) is 9.78. The molecular formula is C21H27ClN6O3S. The van der Waals surface area contributed by atoms with Gasteiger partial charge in [-0.2, -0.15) is 0 Å². The van der Waals surface area contributed by atoms with Crippen LogP contribution in [-0.2, 0) is 14.6 Å². The van der Waals surface area contributed by atoms with E-state index in [1.54, 1.807) is 18.5 Å². The van der Waals surface area contributed by atoms with Crippen LogP contribution in [0.1, 0.15) is 25.7 Å². The Morgan fingerprint density at radius 1 is 1.16 bits per heavy atom. The summed E-state index contributed by atoms with van der Waals surface area (Å²) >= 11 is 6.36. The smallest absolute Gasteiger partial charge is 0.229 e. The van der Waals surface area contributed by atoms with E-state index in [2.05, 4.69) is 30.9 Å². The van der Waals surface area contributed by atoms with Crippen LogP contribution < -0.4 is 16.0 Å². The lowest BCUT2D eigenvalue weighted by molar-refractivity contribution is -0.120. The molecule has 9 nitrogen and oxygen atoms in total. The third kappa shape index (κ3) is 5.93. The highest BCUT2D eigenvalue weighted by Crippen LogP contribution is 2.29. The highest BCUT2D eigenvalue weighted by molar-refractivity contribution is 7.91. The van der Waals surface area contributed by atoms with E-state index in [9.17, 15) is 13.2 Å². The second kappa shape index (κ2) is 10.1. The SMILES string of the molecule is O=C(Nc1cc(-c2cncc(NCC3CCS(=O)(=O)CC3)n2)c(Cl)cn1)[C@@H]1CCCNC1. The van der Waals surface area contributed by atoms with Gasteiger partial charge >= 0.3 is 0 Å². The zero-order chi connectivity index (χ0) is 22.6. The molecule has 4 heterocycles. The molecule has 1 atom stereocenters. The first-order valence-corrected chi connectivity index (χ1v) is 13.0. The largest absolute Gasteiger partial charge is 0.368 e. The Morgan fingerprint density at radius 2 is 1.97 bits per heavy atom. The van der Waals surface area contributed by atoms with E-state index >= 15 is 0 Å². The Kier molecular flexibility index (Phi) is 7.22. The highest BCUT2D eigenvalue weighted by atomic mass is 35.5. The van der Waals surface area contributed by atoms with E-state index in [4.69, 9.17) is 11.6 Å². The van der Waals surface area contributed by atoms with Gasteiger partial charge in [0.2, 0.25) is 5.91 Å². The van der Waals surface area contributed by atoms with Gasteiger partial charge in [-0.05, 0) is 44.2 Å². The van der Waals surface area contributed by atoms with E-state index < -0.39 is 9.84 Å². The number of hydrogen-bond donors (Lipinski definition) is 3. The van der Waals surface area contributed by atoms with Crippen molar-refractivity contribution in [3.05, 3.63) is 29.7 Å². The Labute approximate surface area is 192 Å². The summed E-state index contributed by atoms with van der Waals surface area (Å²) in [6, 6.07) is 1.70. The topological polar surface area (TPSA) is 126 Å². The predicted octanol–water partition coefficient (Wildman–Crippen LogP) is 2.37. The van der Waals surface area contributed by atoms with E-state index in [-0.39, 0.29) is 29.2 Å². The average Bonchev–Trinajstić information content (AvgIpc) is 2.80. The first-order valence-electron chi connectivity index (χ1n) is 10.8. The Hall–Kier alpha value is -2.30. The van der Waals surface area contributed by atoms with Crippen LogP contribution in [0.4, 0.5) is 11.6 Å². The summed E-state index contributed by atoms with van der Waals surface area (Å²) in [5.74, 6) is 1.63. The molecule has 32 heavy (non-hydrogen) atoms. The van der Waals surface area contributed by atoms with Crippen LogP contribution in [0.2, 0.25) is 5.02 Å². The molecule has 0 aromatic carbocycles. The fraction of sp³-hybridized carbons (Fsp3) is 0.524. The number of aromatic nitrogens is 3. The van der Waals surface area contributed by atoms with Gasteiger partial charge in [0.05, 0.1) is 40.5 Å². The van der Waals surface area contributed by atoms with Gasteiger partial charge in [-0.1, -0.05) is 11.6 Å². The summed E-state index contributed by atoms with van der Waals surface area (Å²) in [6.45, 7) is 2.24. The number of carbonyl (C=O) groups excluding carboxylic acids is 1. The molecular weight excluding hydrogens is 452 g/mol. The molecule has 0 saturated carbocycles. The van der Waals surface area contributed by atoms with Crippen molar-refractivity contribution in [2.45, 2.75) is 25.7 Å². The number of halogens is 1. The van der Waals surface area contributed by atoms with Crippen molar-refractivity contribution in [2.75, 3.05) is 41.8 Å². The lowest BCUT2D eigenvalue weighted by Crippen LogP contribution is -2.37. The van der Waals surface area contributed by atoms with Gasteiger partial charge in [-0.25, -0.2) is 18.4 Å². The number of sulfone groups is 1. The molecule has 4 rings (SSSR count). The number of piperidine rings is 1. The number of nitrogens with zero attached hydrogens (tertiary/aromatic N) is 3. The predicted molar refractivity (Wildman–Crippen MR) is 124 cm³/mol. The summed E-state index contributed by atoms with van der Waals surface area (Å²) in [7, 11) is -2.88. The molecule has 0 spiro atoms. The summed E-state index contributed by atoms with van der Waals surface area (Å²) in [5.41, 5.74) is 1.18. The molecule has 3 N–H and O–H groups in total. The molecule has 11 heteroatoms. The first-order chi connectivity index (χ1) is 15.4. The van der Waals surface area contributed by atoms with Crippen LogP contribution in [-0.4, -0.2) is 60.4 Å². The van der Waals surface area contributed by atoms with Crippen molar-refractivity contribution in [1.82, 2.24) is 20.3 Å². The zero-order valence-electron chi connectivity index (χ0n) is 17.7. The van der Waals surface area contributed by atoms with Crippen LogP contribution in [0.25, 0.3) is 11.3 Å². The van der Waals surface area contributed by atoms with Crippen molar-refractivity contribution in [1.29, 1.82) is 0 Å². The van der Waals surface area contributed by atoms with Crippen molar-refractivity contribution in [2.24, 2.45) is 11.8 Å². The maximum absolute atomic E-state index is 12.5. The van der Waals surface area contributed by atoms with Gasteiger partial charge in [0.15, 0.2) is 0 Å². The minimum atomic E-state index is -2.88. The monoisotopic (exact) mass is 478 g/mol. The molecule has 0 radical (unpaired) electrons. The van der Waals surface area contributed by atoms with Crippen molar-refractivity contribution in [3.63, 3.8) is 0 Å². The van der Waals surface area contributed by atoms with E-state index in [1.807, 2.05) is 0 Å². The number of amides is 1. The molecule has 2 saturated heterocycles. The van der Waals surface area contributed by atoms with E-state index in [0.717, 1.165) is 19.4 Å². The Morgan fingerprint density at radius 3 is 2.72 bits per heavy atom. The van der Waals surface area contributed by atoms with Crippen LogP contribution in [0, 0.1) is 11.8 Å². The highest BCUT2D eigenvalue weighted by Gasteiger charge is 2.24. The minimum absolute atomic E-state index is 0.0611. The molecule has 2 aliphatic heterocycles. The maximum Gasteiger partial charge on any atom is 0.229 e. The number of carbonyl (C=O) groups is 1. The number of pyridine rings is 1. The van der Waals surface area contributed by atoms with Gasteiger partial charge < -0.3 is 16.0 Å². The summed E-state index contributed by atoms with van der Waals surface area (Å²) in [4.78, 5) is 25.6. The minimum Gasteiger partial charge on any atom is -0.368 e. The second-order valence-electron chi connectivity index (χ2n) is 8.35. The molecule has 2 aliphatic rings. The van der Waals surface area contributed by atoms with Gasteiger partial charge in [0, 0.05) is 24.8 Å². The number of hydrogen-bond acceptors (Lipinski definition) is 8. The van der Waals surface area contributed by atoms with Gasteiger partial charge in [-0.15, -0.1) is 0 Å². The van der Waals surface area contributed by atoms with Crippen LogP contribution in [0.5, 0.6) is 0 Å². The molecule has 172 valence electrons. The second-order valence-corrected chi connectivity index (χ2v) is 11.1. The van der Waals surface area contributed by atoms with Gasteiger partial charge in [0.25, 0.3) is 0 Å². The van der Waals surface area contributed by atoms with E-state index in [0.29, 0.717) is 53.8 Å². The van der Waals surface area contributed by atoms with Crippen molar-refractivity contribution >= 4 is 39.0 Å². The fourth-order valence-electron chi connectivity index (χ4n) is 3.98. The maximum atomic E-state index is 12.5. The Balaban J connectivity index is 1.42. The summed E-state index contributed by atoms with van der Waals surface area (Å²) < 4.78 is 23.2. The molecule has 0 aliphatic carbocycles. The molecule has 2 aromatic rings. The Bertz CT molecular complexity index is 1060. The molecule has 0 unspecified atom stereocenters. The number of nitrogens with one attached hydrogen (secondary N) is 3. The van der Waals surface area contributed by atoms with Gasteiger partial charge in [0.1, 0.15) is 21.5 Å². The zero-order valence-corrected chi connectivity index (χ0v) is 19.3. The molecule has 0 bridgehead atoms. The van der Waals surface area contributed by atoms with E-state index in [1.165, 1.54) is 6.20 Å². The standard InChI is InChI=1S/C21H27ClN6O3S/c22-17-11-26-19(28-21(29)15-2-1-5-23-10-15)8-16(17)18-12-24-13-20(27-18)25-9-14-3-6-32(30,31)7-4-14/h8,11-15,23H,1-7,9-10H2,(H,25,27)(H,26,28,29)/t15-/m1/s1. The lowest BCUT2D eigenvalue weighted by atomic mass is 9.99. The molecule has 2 fully saturated rings. The summed E-state index contributed by atoms with van der Waals surface area (Å²) in [6.07, 6.45) is 7.86.